The first-order chi connectivity index (χ1) is 4.74. The highest BCUT2D eigenvalue weighted by Crippen LogP contribution is 2.15. The molecule has 0 heterocycles. The third-order valence-corrected chi connectivity index (χ3v) is 1.55. The van der Waals surface area contributed by atoms with Crippen LogP contribution in [0.5, 0.6) is 0 Å². The molecule has 0 saturated carbocycles. The van der Waals surface area contributed by atoms with E-state index >= 15 is 0 Å². The van der Waals surface area contributed by atoms with E-state index in [1.165, 1.54) is 0 Å². The van der Waals surface area contributed by atoms with Crippen molar-refractivity contribution in [1.29, 1.82) is 0 Å². The van der Waals surface area contributed by atoms with E-state index in [0.29, 0.717) is 0 Å². The lowest BCUT2D eigenvalue weighted by atomic mass is 10.1. The summed E-state index contributed by atoms with van der Waals surface area (Å²) in [6, 6.07) is 5.57. The van der Waals surface area contributed by atoms with E-state index in [-0.39, 0.29) is 12.4 Å². The molecule has 0 atom stereocenters. The normalized spacial score (nSPS) is 8.82. The second-order valence-corrected chi connectivity index (χ2v) is 2.31. The van der Waals surface area contributed by atoms with E-state index in [4.69, 9.17) is 11.5 Å². The highest BCUT2D eigenvalue weighted by Gasteiger charge is 1.94. The average Bonchev–Trinajstić information content (AvgIpc) is 1.94. The van der Waals surface area contributed by atoms with Gasteiger partial charge in [-0.3, -0.25) is 0 Å². The fourth-order valence-electron chi connectivity index (χ4n) is 0.932. The molecule has 0 aliphatic rings. The van der Waals surface area contributed by atoms with Crippen molar-refractivity contribution in [3.05, 3.63) is 23.8 Å². The number of benzene rings is 1. The van der Waals surface area contributed by atoms with E-state index in [1.54, 1.807) is 0 Å². The maximum atomic E-state index is 5.64. The highest BCUT2D eigenvalue weighted by molar-refractivity contribution is 5.85. The van der Waals surface area contributed by atoms with Crippen LogP contribution in [0.3, 0.4) is 0 Å². The van der Waals surface area contributed by atoms with Crippen LogP contribution in [-0.4, -0.2) is 0 Å². The van der Waals surface area contributed by atoms with Gasteiger partial charge in [0.15, 0.2) is 0 Å². The summed E-state index contributed by atoms with van der Waals surface area (Å²) in [5, 5.41) is 0. The molecule has 0 fully saturated rings. The van der Waals surface area contributed by atoms with Crippen molar-refractivity contribution in [3.8, 4) is 0 Å². The number of halogens is 1. The monoisotopic (exact) mass is 172 g/mol. The van der Waals surface area contributed by atoms with Gasteiger partial charge in [0, 0.05) is 11.4 Å². The first kappa shape index (κ1) is 10.1. The molecule has 0 bridgehead atoms. The smallest absolute Gasteiger partial charge is 0.0347 e. The van der Waals surface area contributed by atoms with E-state index in [2.05, 4.69) is 6.92 Å². The molecule has 4 N–H and O–H groups in total. The van der Waals surface area contributed by atoms with E-state index in [1.807, 2.05) is 18.2 Å². The summed E-state index contributed by atoms with van der Waals surface area (Å²) in [6.07, 6.45) is 0.941. The Labute approximate surface area is 73.0 Å². The van der Waals surface area contributed by atoms with Crippen LogP contribution in [0, 0.1) is 0 Å². The molecule has 0 saturated heterocycles. The van der Waals surface area contributed by atoms with Gasteiger partial charge >= 0.3 is 0 Å². The second-order valence-electron chi connectivity index (χ2n) is 2.31. The second kappa shape index (κ2) is 4.09. The van der Waals surface area contributed by atoms with Crippen molar-refractivity contribution in [2.24, 2.45) is 0 Å². The van der Waals surface area contributed by atoms with Crippen LogP contribution in [0.25, 0.3) is 0 Å². The molecule has 1 rings (SSSR count). The van der Waals surface area contributed by atoms with Gasteiger partial charge in [0.25, 0.3) is 0 Å². The molecule has 1 aromatic carbocycles. The van der Waals surface area contributed by atoms with Crippen molar-refractivity contribution in [1.82, 2.24) is 0 Å². The minimum Gasteiger partial charge on any atom is -0.399 e. The van der Waals surface area contributed by atoms with Crippen LogP contribution in [0.4, 0.5) is 11.4 Å². The number of aryl methyl sites for hydroxylation is 1. The first-order valence-corrected chi connectivity index (χ1v) is 3.38. The van der Waals surface area contributed by atoms with Gasteiger partial charge in [-0.25, -0.2) is 0 Å². The fourth-order valence-corrected chi connectivity index (χ4v) is 0.932. The molecule has 0 aliphatic heterocycles. The molecule has 0 radical (unpaired) electrons. The lowest BCUT2D eigenvalue weighted by Crippen LogP contribution is -1.94. The predicted molar refractivity (Wildman–Crippen MR) is 51.9 cm³/mol. The molecule has 0 aliphatic carbocycles. The van der Waals surface area contributed by atoms with E-state index in [0.717, 1.165) is 23.4 Å². The minimum absolute atomic E-state index is 0. The van der Waals surface area contributed by atoms with Gasteiger partial charge in [-0.1, -0.05) is 6.92 Å². The molecule has 0 aromatic heterocycles. The average molecular weight is 173 g/mol. The van der Waals surface area contributed by atoms with Gasteiger partial charge in [0.05, 0.1) is 0 Å². The molecular weight excluding hydrogens is 160 g/mol. The van der Waals surface area contributed by atoms with Crippen LogP contribution < -0.4 is 11.5 Å². The molecule has 3 heteroatoms. The number of anilines is 2. The summed E-state index contributed by atoms with van der Waals surface area (Å²) >= 11 is 0. The van der Waals surface area contributed by atoms with E-state index < -0.39 is 0 Å². The summed E-state index contributed by atoms with van der Waals surface area (Å²) in [5.74, 6) is 0. The summed E-state index contributed by atoms with van der Waals surface area (Å²) in [5.41, 5.74) is 13.9. The van der Waals surface area contributed by atoms with Crippen LogP contribution in [0.15, 0.2) is 18.2 Å². The van der Waals surface area contributed by atoms with Crippen LogP contribution >= 0.6 is 12.4 Å². The molecular formula is C8H13ClN2. The van der Waals surface area contributed by atoms with Crippen molar-refractivity contribution < 1.29 is 0 Å². The molecule has 11 heavy (non-hydrogen) atoms. The molecule has 62 valence electrons. The number of hydrogen-bond acceptors (Lipinski definition) is 2. The largest absolute Gasteiger partial charge is 0.399 e. The van der Waals surface area contributed by atoms with Gasteiger partial charge in [0.2, 0.25) is 0 Å². The molecule has 0 amide bonds. The summed E-state index contributed by atoms with van der Waals surface area (Å²) in [4.78, 5) is 0. The quantitative estimate of drug-likeness (QED) is 0.636. The Morgan fingerprint density at radius 2 is 1.91 bits per heavy atom. The Kier molecular flexibility index (Phi) is 3.76. The molecule has 0 spiro atoms. The number of nitrogens with two attached hydrogens (primary N) is 2. The zero-order chi connectivity index (χ0) is 7.56. The Hall–Kier alpha value is -0.890. The van der Waals surface area contributed by atoms with Crippen LogP contribution in [0.2, 0.25) is 0 Å². The third-order valence-electron chi connectivity index (χ3n) is 1.55. The Bertz CT molecular complexity index is 236. The van der Waals surface area contributed by atoms with Gasteiger partial charge in [-0.05, 0) is 30.2 Å². The Morgan fingerprint density at radius 3 is 2.36 bits per heavy atom. The van der Waals surface area contributed by atoms with Crippen molar-refractivity contribution in [2.75, 3.05) is 11.5 Å². The number of rotatable bonds is 1. The first-order valence-electron chi connectivity index (χ1n) is 3.38. The zero-order valence-corrected chi connectivity index (χ0v) is 7.32. The predicted octanol–water partition coefficient (Wildman–Crippen LogP) is 1.84. The van der Waals surface area contributed by atoms with Gasteiger partial charge in [0.1, 0.15) is 0 Å². The fraction of sp³-hybridized carbons (Fsp3) is 0.250. The lowest BCUT2D eigenvalue weighted by Gasteiger charge is -2.02. The topological polar surface area (TPSA) is 52.0 Å². The summed E-state index contributed by atoms with van der Waals surface area (Å²) < 4.78 is 0. The molecule has 0 unspecified atom stereocenters. The lowest BCUT2D eigenvalue weighted by molar-refractivity contribution is 1.15. The number of hydrogen-bond donors (Lipinski definition) is 2. The zero-order valence-electron chi connectivity index (χ0n) is 6.50. The maximum absolute atomic E-state index is 5.64. The van der Waals surface area contributed by atoms with Crippen molar-refractivity contribution in [2.45, 2.75) is 13.3 Å². The number of nitrogen functional groups attached to an aromatic ring is 2. The minimum atomic E-state index is 0. The van der Waals surface area contributed by atoms with Gasteiger partial charge in [-0.15, -0.1) is 12.4 Å². The summed E-state index contributed by atoms with van der Waals surface area (Å²) in [6.45, 7) is 2.06. The standard InChI is InChI=1S/C8H12N2.ClH/c1-2-6-5-7(9)3-4-8(6)10;/h3-5H,2,9-10H2,1H3;1H. The molecule has 2 nitrogen and oxygen atoms in total. The van der Waals surface area contributed by atoms with Crippen LogP contribution in [-0.2, 0) is 6.42 Å². The Balaban J connectivity index is 0.000001000. The SMILES string of the molecule is CCc1cc(N)ccc1N.Cl. The van der Waals surface area contributed by atoms with Crippen LogP contribution in [0.1, 0.15) is 12.5 Å². The van der Waals surface area contributed by atoms with Gasteiger partial charge < -0.3 is 11.5 Å². The van der Waals surface area contributed by atoms with E-state index in [9.17, 15) is 0 Å². The summed E-state index contributed by atoms with van der Waals surface area (Å²) in [7, 11) is 0. The Morgan fingerprint density at radius 1 is 1.27 bits per heavy atom. The maximum Gasteiger partial charge on any atom is 0.0347 e. The van der Waals surface area contributed by atoms with Crippen molar-refractivity contribution >= 4 is 23.8 Å². The van der Waals surface area contributed by atoms with Gasteiger partial charge in [-0.2, -0.15) is 0 Å². The highest BCUT2D eigenvalue weighted by atomic mass is 35.5. The molecule has 1 aromatic rings. The van der Waals surface area contributed by atoms with Crippen molar-refractivity contribution in [3.63, 3.8) is 0 Å². The third kappa shape index (κ3) is 2.31.